The molecule has 3 atom stereocenters. The molecule has 2 saturated carbocycles. The minimum absolute atomic E-state index is 0.0433. The van der Waals surface area contributed by atoms with Crippen molar-refractivity contribution < 1.29 is 24.2 Å². The number of carbonyl (C=O) groups is 3. The summed E-state index contributed by atoms with van der Waals surface area (Å²) in [6.07, 6.45) is 4.35. The van der Waals surface area contributed by atoms with E-state index in [9.17, 15) is 19.5 Å². The molecule has 158 valence electrons. The average molecular weight is 395 g/mol. The minimum Gasteiger partial charge on any atom is -0.480 e. The van der Waals surface area contributed by atoms with Crippen molar-refractivity contribution in [2.24, 2.45) is 16.2 Å². The van der Waals surface area contributed by atoms with Crippen molar-refractivity contribution >= 4 is 18.0 Å². The minimum atomic E-state index is -0.962. The number of likely N-dealkylation sites (tertiary alicyclic amines) is 1. The first-order valence-electron chi connectivity index (χ1n) is 10.2. The Morgan fingerprint density at radius 3 is 2.11 bits per heavy atom. The predicted octanol–water partition coefficient (Wildman–Crippen LogP) is 3.17. The highest BCUT2D eigenvalue weighted by atomic mass is 16.6. The van der Waals surface area contributed by atoms with Gasteiger partial charge in [0.1, 0.15) is 17.7 Å². The van der Waals surface area contributed by atoms with Gasteiger partial charge in [0.15, 0.2) is 0 Å². The third-order valence-electron chi connectivity index (χ3n) is 6.76. The molecule has 2 spiro atoms. The Kier molecular flexibility index (Phi) is 4.75. The van der Waals surface area contributed by atoms with Crippen LogP contribution in [0.3, 0.4) is 0 Å². The van der Waals surface area contributed by atoms with Crippen LogP contribution in [0.1, 0.15) is 73.6 Å². The number of hydrogen-bond donors (Lipinski definition) is 2. The summed E-state index contributed by atoms with van der Waals surface area (Å²) in [6, 6.07) is -1.67. The van der Waals surface area contributed by atoms with Gasteiger partial charge in [0.2, 0.25) is 5.91 Å². The fraction of sp³-hybridized carbons (Fsp3) is 0.857. The van der Waals surface area contributed by atoms with E-state index in [2.05, 4.69) is 5.32 Å². The molecule has 1 aliphatic heterocycles. The lowest BCUT2D eigenvalue weighted by Crippen LogP contribution is -2.57. The highest BCUT2D eigenvalue weighted by Gasteiger charge is 2.73. The molecule has 0 aromatic carbocycles. The van der Waals surface area contributed by atoms with E-state index in [0.717, 1.165) is 19.3 Å². The van der Waals surface area contributed by atoms with Crippen molar-refractivity contribution in [1.82, 2.24) is 10.2 Å². The van der Waals surface area contributed by atoms with Crippen LogP contribution in [0.15, 0.2) is 0 Å². The highest BCUT2D eigenvalue weighted by Crippen LogP contribution is 2.77. The molecule has 0 radical (unpaired) electrons. The summed E-state index contributed by atoms with van der Waals surface area (Å²) in [4.78, 5) is 39.2. The molecule has 1 heterocycles. The van der Waals surface area contributed by atoms with Gasteiger partial charge in [0.25, 0.3) is 0 Å². The summed E-state index contributed by atoms with van der Waals surface area (Å²) >= 11 is 0. The lowest BCUT2D eigenvalue weighted by molar-refractivity contribution is -0.150. The van der Waals surface area contributed by atoms with Gasteiger partial charge >= 0.3 is 12.1 Å². The van der Waals surface area contributed by atoms with Crippen LogP contribution in [0.25, 0.3) is 0 Å². The van der Waals surface area contributed by atoms with Crippen molar-refractivity contribution in [3.8, 4) is 0 Å². The van der Waals surface area contributed by atoms with Crippen LogP contribution in [0.2, 0.25) is 0 Å². The summed E-state index contributed by atoms with van der Waals surface area (Å²) in [5.41, 5.74) is -1.05. The predicted molar refractivity (Wildman–Crippen MR) is 104 cm³/mol. The lowest BCUT2D eigenvalue weighted by atomic mass is 9.74. The van der Waals surface area contributed by atoms with Gasteiger partial charge in [-0.25, -0.2) is 9.59 Å². The number of carboxylic acids is 1. The number of nitrogens with one attached hydrogen (secondary N) is 1. The second-order valence-corrected chi connectivity index (χ2v) is 11.1. The van der Waals surface area contributed by atoms with Crippen LogP contribution < -0.4 is 5.32 Å². The summed E-state index contributed by atoms with van der Waals surface area (Å²) in [5.74, 6) is -1.29. The van der Waals surface area contributed by atoms with Gasteiger partial charge in [0.05, 0.1) is 0 Å². The van der Waals surface area contributed by atoms with Gasteiger partial charge in [0, 0.05) is 6.54 Å². The topological polar surface area (TPSA) is 95.9 Å². The van der Waals surface area contributed by atoms with Crippen LogP contribution in [-0.4, -0.2) is 52.2 Å². The van der Waals surface area contributed by atoms with Crippen molar-refractivity contribution in [3.63, 3.8) is 0 Å². The first-order valence-corrected chi connectivity index (χ1v) is 10.2. The molecule has 0 bridgehead atoms. The number of alkyl carbamates (subject to hydrolysis) is 1. The summed E-state index contributed by atoms with van der Waals surface area (Å²) in [7, 11) is 0. The van der Waals surface area contributed by atoms with E-state index in [1.807, 2.05) is 20.8 Å². The molecule has 0 aromatic rings. The monoisotopic (exact) mass is 394 g/mol. The van der Waals surface area contributed by atoms with Gasteiger partial charge in [-0.15, -0.1) is 0 Å². The fourth-order valence-corrected chi connectivity index (χ4v) is 5.10. The zero-order chi connectivity index (χ0) is 21.1. The molecule has 0 unspecified atom stereocenters. The number of rotatable bonds is 3. The van der Waals surface area contributed by atoms with Crippen LogP contribution in [0.4, 0.5) is 4.79 Å². The normalized spacial score (nSPS) is 29.4. The molecular weight excluding hydrogens is 360 g/mol. The Morgan fingerprint density at radius 2 is 1.71 bits per heavy atom. The number of fused-ring (bicyclic) bond motifs is 1. The smallest absolute Gasteiger partial charge is 0.408 e. The molecule has 0 aromatic heterocycles. The molecular formula is C21H34N2O5. The highest BCUT2D eigenvalue weighted by molar-refractivity contribution is 5.90. The molecule has 2 aliphatic carbocycles. The van der Waals surface area contributed by atoms with Gasteiger partial charge in [-0.05, 0) is 62.7 Å². The summed E-state index contributed by atoms with van der Waals surface area (Å²) < 4.78 is 5.33. The third kappa shape index (κ3) is 3.60. The molecule has 3 aliphatic rings. The van der Waals surface area contributed by atoms with E-state index in [-0.39, 0.29) is 16.7 Å². The van der Waals surface area contributed by atoms with Gasteiger partial charge in [-0.2, -0.15) is 0 Å². The number of nitrogens with zero attached hydrogens (tertiary/aromatic N) is 1. The van der Waals surface area contributed by atoms with Crippen molar-refractivity contribution in [2.45, 2.75) is 91.3 Å². The maximum atomic E-state index is 13.4. The fourth-order valence-electron chi connectivity index (χ4n) is 5.10. The molecule has 7 heteroatoms. The summed E-state index contributed by atoms with van der Waals surface area (Å²) in [5, 5.41) is 12.5. The molecule has 1 saturated heterocycles. The quantitative estimate of drug-likeness (QED) is 0.766. The zero-order valence-corrected chi connectivity index (χ0v) is 17.9. The van der Waals surface area contributed by atoms with Crippen molar-refractivity contribution in [2.75, 3.05) is 6.54 Å². The molecule has 28 heavy (non-hydrogen) atoms. The van der Waals surface area contributed by atoms with E-state index < -0.39 is 35.2 Å². The van der Waals surface area contributed by atoms with Crippen LogP contribution >= 0.6 is 0 Å². The van der Waals surface area contributed by atoms with Crippen molar-refractivity contribution in [1.29, 1.82) is 0 Å². The lowest BCUT2D eigenvalue weighted by Gasteiger charge is -2.35. The van der Waals surface area contributed by atoms with Gasteiger partial charge in [-0.3, -0.25) is 4.79 Å². The standard InChI is InChI=1S/C21H34N2O5/c1-18(2,3)14(22-17(27)28-19(4,5)6)15(24)23-12-21(10-13(23)16(25)26)11-20(21)8-7-9-20/h13-14H,7-12H2,1-6H3,(H,22,27)(H,25,26)/t13-,14+,21-/m0/s1. The third-order valence-corrected chi connectivity index (χ3v) is 6.76. The number of hydrogen-bond acceptors (Lipinski definition) is 4. The largest absolute Gasteiger partial charge is 0.480 e. The molecule has 7 nitrogen and oxygen atoms in total. The molecule has 2 amide bonds. The Labute approximate surface area is 167 Å². The van der Waals surface area contributed by atoms with Gasteiger partial charge < -0.3 is 20.1 Å². The van der Waals surface area contributed by atoms with E-state index in [0.29, 0.717) is 13.0 Å². The Hall–Kier alpha value is -1.79. The second kappa shape index (κ2) is 6.36. The summed E-state index contributed by atoms with van der Waals surface area (Å²) in [6.45, 7) is 11.3. The first-order chi connectivity index (χ1) is 12.7. The van der Waals surface area contributed by atoms with E-state index in [1.165, 1.54) is 11.3 Å². The van der Waals surface area contributed by atoms with Crippen LogP contribution in [0, 0.1) is 16.2 Å². The maximum absolute atomic E-state index is 13.4. The number of ether oxygens (including phenoxy) is 1. The molecule has 3 rings (SSSR count). The second-order valence-electron chi connectivity index (χ2n) is 11.1. The molecule has 3 fully saturated rings. The van der Waals surface area contributed by atoms with Crippen LogP contribution in [-0.2, 0) is 14.3 Å². The maximum Gasteiger partial charge on any atom is 0.408 e. The number of aliphatic carboxylic acids is 1. The Balaban J connectivity index is 1.79. The van der Waals surface area contributed by atoms with E-state index in [1.54, 1.807) is 20.8 Å². The number of amides is 2. The van der Waals surface area contributed by atoms with Crippen LogP contribution in [0.5, 0.6) is 0 Å². The Bertz CT molecular complexity index is 686. The zero-order valence-electron chi connectivity index (χ0n) is 17.9. The van der Waals surface area contributed by atoms with E-state index in [4.69, 9.17) is 4.74 Å². The van der Waals surface area contributed by atoms with Crippen molar-refractivity contribution in [3.05, 3.63) is 0 Å². The van der Waals surface area contributed by atoms with E-state index >= 15 is 0 Å². The average Bonchev–Trinajstić information content (AvgIpc) is 2.96. The SMILES string of the molecule is CC(C)(C)OC(=O)N[C@H](C(=O)N1C[C@]2(C[C@H]1C(=O)O)CC21CCC1)C(C)(C)C. The molecule has 2 N–H and O–H groups in total. The number of carboxylic acid groups (broad SMARTS) is 1. The first kappa shape index (κ1) is 20.9. The Morgan fingerprint density at radius 1 is 1.11 bits per heavy atom. The number of carbonyl (C=O) groups excluding carboxylic acids is 2. The van der Waals surface area contributed by atoms with Gasteiger partial charge in [-0.1, -0.05) is 27.2 Å².